The zero-order valence-corrected chi connectivity index (χ0v) is 10.2. The summed E-state index contributed by atoms with van der Waals surface area (Å²) >= 11 is 0. The van der Waals surface area contributed by atoms with Crippen LogP contribution in [0.4, 0.5) is 0 Å². The van der Waals surface area contributed by atoms with Gasteiger partial charge in [-0.05, 0) is 39.8 Å². The van der Waals surface area contributed by atoms with Crippen LogP contribution in [0.5, 0.6) is 0 Å². The minimum absolute atomic E-state index is 0.460. The van der Waals surface area contributed by atoms with Gasteiger partial charge in [-0.1, -0.05) is 6.42 Å². The Balaban J connectivity index is 1.84. The number of rotatable bonds is 2. The van der Waals surface area contributed by atoms with E-state index in [0.717, 1.165) is 12.1 Å². The Morgan fingerprint density at radius 2 is 2.00 bits per heavy atom. The van der Waals surface area contributed by atoms with Gasteiger partial charge in [-0.25, -0.2) is 0 Å². The number of nitrogens with zero attached hydrogens (tertiary/aromatic N) is 2. The zero-order chi connectivity index (χ0) is 10.8. The van der Waals surface area contributed by atoms with E-state index in [1.807, 2.05) is 0 Å². The number of likely N-dealkylation sites (tertiary alicyclic amines) is 1. The lowest BCUT2D eigenvalue weighted by atomic mass is 9.91. The average molecular weight is 211 g/mol. The van der Waals surface area contributed by atoms with Crippen LogP contribution in [0.2, 0.25) is 0 Å². The second kappa shape index (κ2) is 4.81. The van der Waals surface area contributed by atoms with Crippen LogP contribution in [0.15, 0.2) is 0 Å². The second-order valence-electron chi connectivity index (χ2n) is 5.48. The third-order valence-electron chi connectivity index (χ3n) is 4.13. The van der Waals surface area contributed by atoms with Crippen molar-refractivity contribution in [2.24, 2.45) is 5.73 Å². The van der Waals surface area contributed by atoms with Gasteiger partial charge in [0.15, 0.2) is 0 Å². The van der Waals surface area contributed by atoms with Crippen molar-refractivity contribution in [1.82, 2.24) is 9.80 Å². The first-order chi connectivity index (χ1) is 7.16. The van der Waals surface area contributed by atoms with Crippen LogP contribution in [0, 0.1) is 0 Å². The molecule has 0 spiro atoms. The molecule has 1 heterocycles. The molecule has 1 saturated carbocycles. The summed E-state index contributed by atoms with van der Waals surface area (Å²) in [5.41, 5.74) is 6.05. The van der Waals surface area contributed by atoms with Crippen molar-refractivity contribution in [1.29, 1.82) is 0 Å². The lowest BCUT2D eigenvalue weighted by molar-refractivity contribution is 0.166. The molecule has 0 bridgehead atoms. The summed E-state index contributed by atoms with van der Waals surface area (Å²) in [5.74, 6) is 0. The van der Waals surface area contributed by atoms with E-state index in [4.69, 9.17) is 5.73 Å². The molecule has 2 aliphatic rings. The minimum Gasteiger partial charge on any atom is -0.328 e. The van der Waals surface area contributed by atoms with Gasteiger partial charge in [0.1, 0.15) is 0 Å². The van der Waals surface area contributed by atoms with Gasteiger partial charge in [-0.2, -0.15) is 0 Å². The first-order valence-electron chi connectivity index (χ1n) is 6.33. The molecule has 2 rings (SSSR count). The van der Waals surface area contributed by atoms with Gasteiger partial charge in [0.05, 0.1) is 0 Å². The molecule has 0 radical (unpaired) electrons. The SMILES string of the molecule is CN(C)C1CCN(C2CCCC(N)C2)C1. The largest absolute Gasteiger partial charge is 0.328 e. The van der Waals surface area contributed by atoms with E-state index >= 15 is 0 Å². The first-order valence-corrected chi connectivity index (χ1v) is 6.33. The van der Waals surface area contributed by atoms with Crippen LogP contribution < -0.4 is 5.73 Å². The monoisotopic (exact) mass is 211 g/mol. The van der Waals surface area contributed by atoms with Gasteiger partial charge in [0, 0.05) is 31.2 Å². The van der Waals surface area contributed by atoms with Crippen LogP contribution in [0.3, 0.4) is 0 Å². The number of likely N-dealkylation sites (N-methyl/N-ethyl adjacent to an activating group) is 1. The fourth-order valence-corrected chi connectivity index (χ4v) is 3.05. The van der Waals surface area contributed by atoms with Crippen LogP contribution in [-0.4, -0.2) is 55.1 Å². The quantitative estimate of drug-likeness (QED) is 0.736. The highest BCUT2D eigenvalue weighted by Gasteiger charge is 2.31. The Morgan fingerprint density at radius 3 is 2.60 bits per heavy atom. The molecule has 15 heavy (non-hydrogen) atoms. The lowest BCUT2D eigenvalue weighted by Crippen LogP contribution is -2.42. The molecule has 2 fully saturated rings. The molecule has 3 nitrogen and oxygen atoms in total. The standard InChI is InChI=1S/C12H25N3/c1-14(2)12-6-7-15(9-12)11-5-3-4-10(13)8-11/h10-12H,3-9,13H2,1-2H3. The van der Waals surface area contributed by atoms with Gasteiger partial charge < -0.3 is 10.6 Å². The van der Waals surface area contributed by atoms with Gasteiger partial charge in [-0.3, -0.25) is 4.90 Å². The third kappa shape index (κ3) is 2.71. The van der Waals surface area contributed by atoms with Crippen molar-refractivity contribution in [3.8, 4) is 0 Å². The normalized spacial score (nSPS) is 38.8. The van der Waals surface area contributed by atoms with Crippen LogP contribution in [-0.2, 0) is 0 Å². The van der Waals surface area contributed by atoms with Crippen LogP contribution in [0.1, 0.15) is 32.1 Å². The second-order valence-corrected chi connectivity index (χ2v) is 5.48. The summed E-state index contributed by atoms with van der Waals surface area (Å²) < 4.78 is 0. The Morgan fingerprint density at radius 1 is 1.20 bits per heavy atom. The molecule has 1 aliphatic heterocycles. The molecule has 3 heteroatoms. The molecule has 0 aromatic heterocycles. The molecule has 0 aromatic carbocycles. The molecule has 0 aromatic rings. The molecule has 1 saturated heterocycles. The van der Waals surface area contributed by atoms with E-state index in [0.29, 0.717) is 6.04 Å². The van der Waals surface area contributed by atoms with Gasteiger partial charge in [0.2, 0.25) is 0 Å². The van der Waals surface area contributed by atoms with Crippen LogP contribution in [0.25, 0.3) is 0 Å². The summed E-state index contributed by atoms with van der Waals surface area (Å²) in [4.78, 5) is 5.03. The highest BCUT2D eigenvalue weighted by atomic mass is 15.2. The van der Waals surface area contributed by atoms with E-state index in [2.05, 4.69) is 23.9 Å². The molecule has 88 valence electrons. The number of hydrogen-bond donors (Lipinski definition) is 1. The number of hydrogen-bond acceptors (Lipinski definition) is 3. The molecule has 2 N–H and O–H groups in total. The molecular weight excluding hydrogens is 186 g/mol. The predicted octanol–water partition coefficient (Wildman–Crippen LogP) is 0.892. The van der Waals surface area contributed by atoms with Gasteiger partial charge in [0.25, 0.3) is 0 Å². The fraction of sp³-hybridized carbons (Fsp3) is 1.00. The van der Waals surface area contributed by atoms with Crippen molar-refractivity contribution in [2.75, 3.05) is 27.2 Å². The Kier molecular flexibility index (Phi) is 3.65. The Bertz CT molecular complexity index is 205. The topological polar surface area (TPSA) is 32.5 Å². The van der Waals surface area contributed by atoms with E-state index in [1.54, 1.807) is 0 Å². The molecular formula is C12H25N3. The summed E-state index contributed by atoms with van der Waals surface area (Å²) in [6, 6.07) is 2.00. The highest BCUT2D eigenvalue weighted by Crippen LogP contribution is 2.26. The summed E-state index contributed by atoms with van der Waals surface area (Å²) in [7, 11) is 4.39. The maximum Gasteiger partial charge on any atom is 0.0229 e. The van der Waals surface area contributed by atoms with E-state index in [9.17, 15) is 0 Å². The summed E-state index contributed by atoms with van der Waals surface area (Å²) in [6.07, 6.45) is 6.49. The average Bonchev–Trinajstić information content (AvgIpc) is 2.66. The summed E-state index contributed by atoms with van der Waals surface area (Å²) in [5, 5.41) is 0. The van der Waals surface area contributed by atoms with Crippen molar-refractivity contribution in [2.45, 2.75) is 50.2 Å². The Hall–Kier alpha value is -0.120. The van der Waals surface area contributed by atoms with Crippen molar-refractivity contribution in [3.05, 3.63) is 0 Å². The van der Waals surface area contributed by atoms with Gasteiger partial charge in [-0.15, -0.1) is 0 Å². The smallest absolute Gasteiger partial charge is 0.0229 e. The molecule has 3 unspecified atom stereocenters. The lowest BCUT2D eigenvalue weighted by Gasteiger charge is -2.34. The van der Waals surface area contributed by atoms with Crippen molar-refractivity contribution in [3.63, 3.8) is 0 Å². The van der Waals surface area contributed by atoms with Crippen molar-refractivity contribution >= 4 is 0 Å². The van der Waals surface area contributed by atoms with E-state index in [-0.39, 0.29) is 0 Å². The molecule has 1 aliphatic carbocycles. The van der Waals surface area contributed by atoms with Gasteiger partial charge >= 0.3 is 0 Å². The third-order valence-corrected chi connectivity index (χ3v) is 4.13. The highest BCUT2D eigenvalue weighted by molar-refractivity contribution is 4.89. The number of nitrogens with two attached hydrogens (primary N) is 1. The fourth-order valence-electron chi connectivity index (χ4n) is 3.05. The Labute approximate surface area is 93.6 Å². The molecule has 3 atom stereocenters. The molecule has 0 amide bonds. The zero-order valence-electron chi connectivity index (χ0n) is 10.2. The van der Waals surface area contributed by atoms with E-state index < -0.39 is 0 Å². The maximum atomic E-state index is 6.05. The van der Waals surface area contributed by atoms with E-state index in [1.165, 1.54) is 45.2 Å². The predicted molar refractivity (Wildman–Crippen MR) is 63.9 cm³/mol. The first kappa shape index (κ1) is 11.4. The van der Waals surface area contributed by atoms with Crippen molar-refractivity contribution < 1.29 is 0 Å². The maximum absolute atomic E-state index is 6.05. The van der Waals surface area contributed by atoms with Crippen LogP contribution >= 0.6 is 0 Å². The summed E-state index contributed by atoms with van der Waals surface area (Å²) in [6.45, 7) is 2.53. The minimum atomic E-state index is 0.460.